The third-order valence-corrected chi connectivity index (χ3v) is 3.05. The van der Waals surface area contributed by atoms with Gasteiger partial charge >= 0.3 is 0 Å². The van der Waals surface area contributed by atoms with Crippen molar-refractivity contribution in [3.63, 3.8) is 0 Å². The summed E-state index contributed by atoms with van der Waals surface area (Å²) in [7, 11) is 0. The van der Waals surface area contributed by atoms with E-state index in [1.54, 1.807) is 18.3 Å². The number of aromatic nitrogens is 2. The van der Waals surface area contributed by atoms with Crippen LogP contribution in [0.15, 0.2) is 42.7 Å². The highest BCUT2D eigenvalue weighted by atomic mass is 19.1. The molecule has 0 amide bonds. The molecule has 2 heterocycles. The minimum absolute atomic E-state index is 0.0199. The Kier molecular flexibility index (Phi) is 3.14. The number of ether oxygens (including phenoxy) is 1. The Labute approximate surface area is 116 Å². The van der Waals surface area contributed by atoms with Crippen LogP contribution in [0.1, 0.15) is 13.8 Å². The van der Waals surface area contributed by atoms with Gasteiger partial charge in [-0.3, -0.25) is 4.98 Å². The number of nitrogens with zero attached hydrogens (tertiary/aromatic N) is 1. The predicted molar refractivity (Wildman–Crippen MR) is 77.3 cm³/mol. The van der Waals surface area contributed by atoms with Gasteiger partial charge in [0.15, 0.2) is 0 Å². The highest BCUT2D eigenvalue weighted by Gasteiger charge is 2.12. The molecule has 1 N–H and O–H groups in total. The molecule has 3 nitrogen and oxygen atoms in total. The summed E-state index contributed by atoms with van der Waals surface area (Å²) in [4.78, 5) is 7.40. The lowest BCUT2D eigenvalue weighted by Gasteiger charge is -2.11. The summed E-state index contributed by atoms with van der Waals surface area (Å²) < 4.78 is 19.8. The molecule has 0 fully saturated rings. The molecule has 0 spiro atoms. The standard InChI is InChI=1S/C16H15FN2O/c1-10(2)20-11-3-4-12(14(17)9-11)16-13-5-7-18-15(13)6-8-19-16/h3-10,18H,1-2H3. The third-order valence-electron chi connectivity index (χ3n) is 3.05. The van der Waals surface area contributed by atoms with Crippen molar-refractivity contribution in [1.29, 1.82) is 0 Å². The number of halogens is 1. The van der Waals surface area contributed by atoms with E-state index in [9.17, 15) is 4.39 Å². The van der Waals surface area contributed by atoms with Crippen LogP contribution in [-0.2, 0) is 0 Å². The maximum atomic E-state index is 14.3. The molecular weight excluding hydrogens is 255 g/mol. The first-order valence-electron chi connectivity index (χ1n) is 6.54. The second-order valence-corrected chi connectivity index (χ2v) is 4.91. The quantitative estimate of drug-likeness (QED) is 0.776. The summed E-state index contributed by atoms with van der Waals surface area (Å²) in [6, 6.07) is 8.65. The molecule has 20 heavy (non-hydrogen) atoms. The lowest BCUT2D eigenvalue weighted by atomic mass is 10.1. The van der Waals surface area contributed by atoms with Crippen LogP contribution in [0.4, 0.5) is 4.39 Å². The van der Waals surface area contributed by atoms with Gasteiger partial charge in [-0.05, 0) is 38.1 Å². The summed E-state index contributed by atoms with van der Waals surface area (Å²) in [5, 5.41) is 0.906. The first kappa shape index (κ1) is 12.7. The topological polar surface area (TPSA) is 37.9 Å². The number of benzene rings is 1. The zero-order valence-corrected chi connectivity index (χ0v) is 11.4. The highest BCUT2D eigenvalue weighted by molar-refractivity contribution is 5.92. The number of fused-ring (bicyclic) bond motifs is 1. The molecule has 102 valence electrons. The van der Waals surface area contributed by atoms with Gasteiger partial charge in [0.1, 0.15) is 11.6 Å². The van der Waals surface area contributed by atoms with Crippen molar-refractivity contribution in [2.75, 3.05) is 0 Å². The molecule has 0 aliphatic heterocycles. The van der Waals surface area contributed by atoms with Gasteiger partial charge in [0.05, 0.1) is 11.8 Å². The number of hydrogen-bond donors (Lipinski definition) is 1. The van der Waals surface area contributed by atoms with Crippen LogP contribution in [0.25, 0.3) is 22.2 Å². The van der Waals surface area contributed by atoms with Crippen molar-refractivity contribution >= 4 is 10.9 Å². The smallest absolute Gasteiger partial charge is 0.136 e. The number of aromatic amines is 1. The van der Waals surface area contributed by atoms with Gasteiger partial charge in [-0.1, -0.05) is 0 Å². The summed E-state index contributed by atoms with van der Waals surface area (Å²) in [5.41, 5.74) is 2.06. The van der Waals surface area contributed by atoms with Crippen LogP contribution in [0.2, 0.25) is 0 Å². The molecular formula is C16H15FN2O. The average Bonchev–Trinajstić information content (AvgIpc) is 2.86. The number of rotatable bonds is 3. The molecule has 0 radical (unpaired) electrons. The Balaban J connectivity index is 2.08. The number of pyridine rings is 1. The van der Waals surface area contributed by atoms with Crippen LogP contribution in [0.5, 0.6) is 5.75 Å². The Morgan fingerprint density at radius 2 is 2.05 bits per heavy atom. The van der Waals surface area contributed by atoms with E-state index in [0.29, 0.717) is 17.0 Å². The van der Waals surface area contributed by atoms with E-state index in [-0.39, 0.29) is 11.9 Å². The third kappa shape index (κ3) is 2.25. The molecule has 0 saturated heterocycles. The summed E-state index contributed by atoms with van der Waals surface area (Å²) in [6.07, 6.45) is 3.52. The molecule has 0 bridgehead atoms. The molecule has 0 aliphatic rings. The first-order chi connectivity index (χ1) is 9.65. The Morgan fingerprint density at radius 3 is 2.80 bits per heavy atom. The van der Waals surface area contributed by atoms with Gasteiger partial charge in [-0.2, -0.15) is 0 Å². The zero-order valence-electron chi connectivity index (χ0n) is 11.4. The van der Waals surface area contributed by atoms with Crippen molar-refractivity contribution in [2.24, 2.45) is 0 Å². The van der Waals surface area contributed by atoms with E-state index in [4.69, 9.17) is 4.74 Å². The van der Waals surface area contributed by atoms with Gasteiger partial charge in [0, 0.05) is 34.9 Å². The van der Waals surface area contributed by atoms with Gasteiger partial charge in [0.25, 0.3) is 0 Å². The predicted octanol–water partition coefficient (Wildman–Crippen LogP) is 4.16. The van der Waals surface area contributed by atoms with E-state index in [1.165, 1.54) is 6.07 Å². The van der Waals surface area contributed by atoms with Crippen LogP contribution in [0, 0.1) is 5.82 Å². The number of hydrogen-bond acceptors (Lipinski definition) is 2. The van der Waals surface area contributed by atoms with E-state index in [1.807, 2.05) is 32.2 Å². The van der Waals surface area contributed by atoms with E-state index in [0.717, 1.165) is 10.9 Å². The molecule has 4 heteroatoms. The van der Waals surface area contributed by atoms with E-state index < -0.39 is 0 Å². The van der Waals surface area contributed by atoms with Crippen LogP contribution in [0.3, 0.4) is 0 Å². The maximum Gasteiger partial charge on any atom is 0.136 e. The van der Waals surface area contributed by atoms with Gasteiger partial charge < -0.3 is 9.72 Å². The molecule has 2 aromatic heterocycles. The Hall–Kier alpha value is -2.36. The lowest BCUT2D eigenvalue weighted by Crippen LogP contribution is -2.05. The summed E-state index contributed by atoms with van der Waals surface area (Å²) >= 11 is 0. The van der Waals surface area contributed by atoms with Crippen molar-refractivity contribution in [2.45, 2.75) is 20.0 Å². The Bertz CT molecular complexity index is 749. The molecule has 0 aliphatic carbocycles. The molecule has 3 aromatic rings. The molecule has 1 aromatic carbocycles. The van der Waals surface area contributed by atoms with Crippen molar-refractivity contribution in [3.05, 3.63) is 48.5 Å². The maximum absolute atomic E-state index is 14.3. The summed E-state index contributed by atoms with van der Waals surface area (Å²) in [6.45, 7) is 3.82. The van der Waals surface area contributed by atoms with Crippen LogP contribution >= 0.6 is 0 Å². The monoisotopic (exact) mass is 270 g/mol. The van der Waals surface area contributed by atoms with Crippen molar-refractivity contribution < 1.29 is 9.13 Å². The fourth-order valence-electron chi connectivity index (χ4n) is 2.23. The number of nitrogens with one attached hydrogen (secondary N) is 1. The fourth-order valence-corrected chi connectivity index (χ4v) is 2.23. The lowest BCUT2D eigenvalue weighted by molar-refractivity contribution is 0.241. The second kappa shape index (κ2) is 4.96. The summed E-state index contributed by atoms with van der Waals surface area (Å²) in [5.74, 6) is 0.201. The van der Waals surface area contributed by atoms with Crippen LogP contribution in [-0.4, -0.2) is 16.1 Å². The van der Waals surface area contributed by atoms with Gasteiger partial charge in [-0.15, -0.1) is 0 Å². The zero-order chi connectivity index (χ0) is 14.1. The van der Waals surface area contributed by atoms with Gasteiger partial charge in [0.2, 0.25) is 0 Å². The average molecular weight is 270 g/mol. The van der Waals surface area contributed by atoms with Gasteiger partial charge in [-0.25, -0.2) is 4.39 Å². The van der Waals surface area contributed by atoms with E-state index in [2.05, 4.69) is 9.97 Å². The molecule has 3 rings (SSSR count). The Morgan fingerprint density at radius 1 is 1.20 bits per heavy atom. The number of H-pyrrole nitrogens is 1. The first-order valence-corrected chi connectivity index (χ1v) is 6.54. The SMILES string of the molecule is CC(C)Oc1ccc(-c2nccc3[nH]ccc23)c(F)c1. The molecule has 0 unspecified atom stereocenters. The fraction of sp³-hybridized carbons (Fsp3) is 0.188. The minimum atomic E-state index is -0.329. The molecule has 0 atom stereocenters. The van der Waals surface area contributed by atoms with Crippen molar-refractivity contribution in [1.82, 2.24) is 9.97 Å². The van der Waals surface area contributed by atoms with Crippen LogP contribution < -0.4 is 4.74 Å². The second-order valence-electron chi connectivity index (χ2n) is 4.91. The molecule has 0 saturated carbocycles. The highest BCUT2D eigenvalue weighted by Crippen LogP contribution is 2.30. The normalized spacial score (nSPS) is 11.2. The minimum Gasteiger partial charge on any atom is -0.491 e. The van der Waals surface area contributed by atoms with Crippen molar-refractivity contribution in [3.8, 4) is 17.0 Å². The largest absolute Gasteiger partial charge is 0.491 e. The van der Waals surface area contributed by atoms with E-state index >= 15 is 0 Å².